The molecule has 0 aliphatic carbocycles. The molecule has 1 aliphatic heterocycles. The molecular weight excluding hydrogens is 198 g/mol. The fraction of sp³-hybridized carbons (Fsp3) is 0.500. The van der Waals surface area contributed by atoms with E-state index in [0.29, 0.717) is 6.54 Å². The van der Waals surface area contributed by atoms with Crippen molar-refractivity contribution in [2.24, 2.45) is 0 Å². The van der Waals surface area contributed by atoms with E-state index in [1.807, 2.05) is 6.07 Å². The second kappa shape index (κ2) is 3.34. The van der Waals surface area contributed by atoms with Crippen LogP contribution < -0.4 is 5.32 Å². The van der Waals surface area contributed by atoms with E-state index >= 15 is 0 Å². The Balaban J connectivity index is 2.72. The highest BCUT2D eigenvalue weighted by molar-refractivity contribution is 5.99. The number of fused-ring (bicyclic) bond motifs is 1. The predicted molar refractivity (Wildman–Crippen MR) is 65.8 cm³/mol. The van der Waals surface area contributed by atoms with E-state index in [-0.39, 0.29) is 11.3 Å². The van der Waals surface area contributed by atoms with Gasteiger partial charge in [0, 0.05) is 12.1 Å². The van der Waals surface area contributed by atoms with Gasteiger partial charge in [0.1, 0.15) is 0 Å². The van der Waals surface area contributed by atoms with Gasteiger partial charge in [-0.25, -0.2) is 0 Å². The number of carbonyl (C=O) groups is 1. The molecule has 0 saturated carbocycles. The number of hydrogen-bond acceptors (Lipinski definition) is 1. The van der Waals surface area contributed by atoms with Crippen LogP contribution in [0.15, 0.2) is 6.07 Å². The summed E-state index contributed by atoms with van der Waals surface area (Å²) in [4.78, 5) is 11.6. The van der Waals surface area contributed by atoms with Gasteiger partial charge in [0.05, 0.1) is 0 Å². The second-order valence-corrected chi connectivity index (χ2v) is 5.65. The maximum atomic E-state index is 11.6. The van der Waals surface area contributed by atoms with Crippen molar-refractivity contribution in [3.05, 3.63) is 33.9 Å². The maximum Gasteiger partial charge on any atom is 0.251 e. The number of benzene rings is 1. The molecule has 0 saturated heterocycles. The van der Waals surface area contributed by atoms with Crippen molar-refractivity contribution in [2.45, 2.75) is 46.6 Å². The van der Waals surface area contributed by atoms with Crippen LogP contribution in [-0.2, 0) is 12.0 Å². The highest BCUT2D eigenvalue weighted by atomic mass is 16.1. The van der Waals surface area contributed by atoms with Crippen LogP contribution in [0.25, 0.3) is 0 Å². The first-order chi connectivity index (χ1) is 7.32. The van der Waals surface area contributed by atoms with E-state index in [4.69, 9.17) is 0 Å². The normalized spacial score (nSPS) is 14.9. The topological polar surface area (TPSA) is 29.1 Å². The molecule has 1 amide bonds. The van der Waals surface area contributed by atoms with Gasteiger partial charge < -0.3 is 5.32 Å². The largest absolute Gasteiger partial charge is 0.348 e. The predicted octanol–water partition coefficient (Wildman–Crippen LogP) is 2.84. The molecule has 86 valence electrons. The number of carbonyl (C=O) groups excluding carboxylic acids is 1. The zero-order chi connectivity index (χ0) is 12.1. The van der Waals surface area contributed by atoms with E-state index in [1.165, 1.54) is 22.3 Å². The van der Waals surface area contributed by atoms with Gasteiger partial charge in [-0.2, -0.15) is 0 Å². The van der Waals surface area contributed by atoms with Crippen molar-refractivity contribution < 1.29 is 4.79 Å². The van der Waals surface area contributed by atoms with Crippen LogP contribution in [0.2, 0.25) is 0 Å². The van der Waals surface area contributed by atoms with E-state index in [1.54, 1.807) is 0 Å². The first-order valence-electron chi connectivity index (χ1n) is 5.74. The zero-order valence-electron chi connectivity index (χ0n) is 10.7. The number of hydrogen-bond donors (Lipinski definition) is 1. The lowest BCUT2D eigenvalue weighted by atomic mass is 9.79. The van der Waals surface area contributed by atoms with Crippen molar-refractivity contribution >= 4 is 5.91 Å². The third-order valence-electron chi connectivity index (χ3n) is 3.33. The summed E-state index contributed by atoms with van der Waals surface area (Å²) in [7, 11) is 0. The summed E-state index contributed by atoms with van der Waals surface area (Å²) in [6.45, 7) is 11.6. The van der Waals surface area contributed by atoms with Crippen LogP contribution in [0.4, 0.5) is 0 Å². The summed E-state index contributed by atoms with van der Waals surface area (Å²) in [5.41, 5.74) is 6.06. The third kappa shape index (κ3) is 1.53. The lowest BCUT2D eigenvalue weighted by molar-refractivity contribution is 0.0965. The summed E-state index contributed by atoms with van der Waals surface area (Å²) >= 11 is 0. The smallest absolute Gasteiger partial charge is 0.251 e. The highest BCUT2D eigenvalue weighted by Crippen LogP contribution is 2.34. The molecule has 2 rings (SSSR count). The number of amides is 1. The molecule has 16 heavy (non-hydrogen) atoms. The van der Waals surface area contributed by atoms with Crippen LogP contribution in [-0.4, -0.2) is 5.91 Å². The van der Waals surface area contributed by atoms with Gasteiger partial charge in [-0.15, -0.1) is 0 Å². The molecular formula is C14H19NO. The lowest BCUT2D eigenvalue weighted by Gasteiger charge is -2.25. The Kier molecular flexibility index (Phi) is 2.33. The Morgan fingerprint density at radius 1 is 1.25 bits per heavy atom. The molecule has 0 fully saturated rings. The molecule has 0 spiro atoms. The monoisotopic (exact) mass is 217 g/mol. The molecule has 2 nitrogen and oxygen atoms in total. The number of aryl methyl sites for hydroxylation is 1. The van der Waals surface area contributed by atoms with Gasteiger partial charge in [-0.1, -0.05) is 20.8 Å². The average Bonchev–Trinajstić information content (AvgIpc) is 2.46. The highest BCUT2D eigenvalue weighted by Gasteiger charge is 2.27. The summed E-state index contributed by atoms with van der Waals surface area (Å²) in [5, 5.41) is 2.89. The summed E-state index contributed by atoms with van der Waals surface area (Å²) in [6, 6.07) is 2.03. The molecule has 1 N–H and O–H groups in total. The molecule has 0 aromatic heterocycles. The third-order valence-corrected chi connectivity index (χ3v) is 3.33. The lowest BCUT2D eigenvalue weighted by Crippen LogP contribution is -2.16. The van der Waals surface area contributed by atoms with Gasteiger partial charge in [0.15, 0.2) is 0 Å². The molecule has 1 heterocycles. The minimum Gasteiger partial charge on any atom is -0.348 e. The summed E-state index contributed by atoms with van der Waals surface area (Å²) in [5.74, 6) is 0.0710. The van der Waals surface area contributed by atoms with Crippen LogP contribution in [0.5, 0.6) is 0 Å². The van der Waals surface area contributed by atoms with E-state index in [2.05, 4.69) is 39.9 Å². The molecule has 2 heteroatoms. The van der Waals surface area contributed by atoms with Crippen molar-refractivity contribution in [1.82, 2.24) is 5.32 Å². The van der Waals surface area contributed by atoms with Crippen molar-refractivity contribution in [2.75, 3.05) is 0 Å². The van der Waals surface area contributed by atoms with Crippen LogP contribution in [0.1, 0.15) is 53.4 Å². The van der Waals surface area contributed by atoms with Gasteiger partial charge in [-0.05, 0) is 47.6 Å². The maximum absolute atomic E-state index is 11.6. The average molecular weight is 217 g/mol. The quantitative estimate of drug-likeness (QED) is 0.711. The molecule has 0 radical (unpaired) electrons. The Morgan fingerprint density at radius 2 is 1.88 bits per heavy atom. The number of nitrogens with one attached hydrogen (secondary N) is 1. The van der Waals surface area contributed by atoms with E-state index in [9.17, 15) is 4.79 Å². The van der Waals surface area contributed by atoms with Gasteiger partial charge in [0.25, 0.3) is 5.91 Å². The fourth-order valence-corrected chi connectivity index (χ4v) is 2.87. The molecule has 1 aromatic carbocycles. The molecule has 1 aliphatic rings. The molecule has 0 unspecified atom stereocenters. The van der Waals surface area contributed by atoms with Crippen molar-refractivity contribution in [3.63, 3.8) is 0 Å². The zero-order valence-corrected chi connectivity index (χ0v) is 10.7. The Bertz CT molecular complexity index is 467. The van der Waals surface area contributed by atoms with E-state index in [0.717, 1.165) is 5.56 Å². The summed E-state index contributed by atoms with van der Waals surface area (Å²) in [6.07, 6.45) is 0. The molecule has 1 aromatic rings. The Hall–Kier alpha value is -1.31. The Labute approximate surface area is 97.1 Å². The van der Waals surface area contributed by atoms with Gasteiger partial charge in [0.2, 0.25) is 0 Å². The van der Waals surface area contributed by atoms with Crippen LogP contribution in [0, 0.1) is 13.8 Å². The minimum atomic E-state index is 0.0710. The standard InChI is InChI=1S/C14H19NO/c1-8-6-10-11(7-15-13(10)16)9(2)12(8)14(3,4)5/h6H,7H2,1-5H3,(H,15,16). The first kappa shape index (κ1) is 11.2. The van der Waals surface area contributed by atoms with Gasteiger partial charge >= 0.3 is 0 Å². The van der Waals surface area contributed by atoms with E-state index < -0.39 is 0 Å². The summed E-state index contributed by atoms with van der Waals surface area (Å²) < 4.78 is 0. The SMILES string of the molecule is Cc1cc2c(c(C)c1C(C)(C)C)CNC2=O. The first-order valence-corrected chi connectivity index (χ1v) is 5.74. The van der Waals surface area contributed by atoms with Crippen LogP contribution >= 0.6 is 0 Å². The molecule has 0 bridgehead atoms. The second-order valence-electron chi connectivity index (χ2n) is 5.65. The number of rotatable bonds is 0. The minimum absolute atomic E-state index is 0.0710. The van der Waals surface area contributed by atoms with Crippen LogP contribution in [0.3, 0.4) is 0 Å². The van der Waals surface area contributed by atoms with Gasteiger partial charge in [-0.3, -0.25) is 4.79 Å². The van der Waals surface area contributed by atoms with Crippen molar-refractivity contribution in [1.29, 1.82) is 0 Å². The molecule has 0 atom stereocenters. The Morgan fingerprint density at radius 3 is 2.44 bits per heavy atom. The fourth-order valence-electron chi connectivity index (χ4n) is 2.87. The van der Waals surface area contributed by atoms with Crippen molar-refractivity contribution in [3.8, 4) is 0 Å².